The molecule has 0 bridgehead atoms. The second kappa shape index (κ2) is 8.07. The minimum atomic E-state index is -0.558. The maximum absolute atomic E-state index is 14.3. The molecule has 0 saturated heterocycles. The van der Waals surface area contributed by atoms with E-state index in [1.165, 1.54) is 18.2 Å². The Balaban J connectivity index is 1.88. The number of aliphatic imine (C=N–C) groups is 1. The van der Waals surface area contributed by atoms with E-state index in [1.807, 2.05) is 24.3 Å². The van der Waals surface area contributed by atoms with Crippen LogP contribution in [0.15, 0.2) is 70.6 Å². The monoisotopic (exact) mass is 379 g/mol. The molecule has 0 unspecified atom stereocenters. The van der Waals surface area contributed by atoms with Crippen molar-refractivity contribution in [2.45, 2.75) is 4.90 Å². The topological polar surface area (TPSA) is 12.4 Å². The third-order valence-corrected chi connectivity index (χ3v) is 4.01. The summed E-state index contributed by atoms with van der Waals surface area (Å²) in [6, 6.07) is 16.5. The standard InChI is InChI=1S/C21H11F2NS2/c22-19-12-17(15-6-8-18(26)9-7-15)5-4-16(19)3-1-14-2-10-21(24-13-25)20(23)11-14/h2,4-12,26H. The number of thiol groups is 1. The van der Waals surface area contributed by atoms with Crippen LogP contribution < -0.4 is 0 Å². The summed E-state index contributed by atoms with van der Waals surface area (Å²) in [4.78, 5) is 4.44. The zero-order valence-electron chi connectivity index (χ0n) is 13.3. The maximum atomic E-state index is 14.3. The molecule has 3 aromatic rings. The van der Waals surface area contributed by atoms with E-state index in [1.54, 1.807) is 18.2 Å². The summed E-state index contributed by atoms with van der Waals surface area (Å²) >= 11 is 8.69. The number of thiocarbonyl (C=S) groups is 1. The van der Waals surface area contributed by atoms with Gasteiger partial charge in [0.15, 0.2) is 5.82 Å². The molecule has 0 fully saturated rings. The van der Waals surface area contributed by atoms with Crippen LogP contribution in [0.5, 0.6) is 0 Å². The van der Waals surface area contributed by atoms with E-state index in [2.05, 4.69) is 46.8 Å². The first-order valence-corrected chi connectivity index (χ1v) is 8.41. The molecule has 126 valence electrons. The van der Waals surface area contributed by atoms with Gasteiger partial charge >= 0.3 is 0 Å². The van der Waals surface area contributed by atoms with Crippen molar-refractivity contribution >= 4 is 35.7 Å². The molecule has 0 spiro atoms. The number of rotatable bonds is 2. The van der Waals surface area contributed by atoms with Gasteiger partial charge < -0.3 is 0 Å². The fourth-order valence-electron chi connectivity index (χ4n) is 2.31. The molecule has 0 aliphatic rings. The number of isothiocyanates is 1. The van der Waals surface area contributed by atoms with Crippen LogP contribution in [-0.4, -0.2) is 5.16 Å². The summed E-state index contributed by atoms with van der Waals surface area (Å²) < 4.78 is 28.1. The number of nitrogens with zero attached hydrogens (tertiary/aromatic N) is 1. The average Bonchev–Trinajstić information content (AvgIpc) is 2.63. The Morgan fingerprint density at radius 1 is 0.808 bits per heavy atom. The molecule has 0 amide bonds. The van der Waals surface area contributed by atoms with E-state index in [0.717, 1.165) is 16.0 Å². The Hall–Kier alpha value is -2.77. The van der Waals surface area contributed by atoms with Crippen LogP contribution in [-0.2, 0) is 0 Å². The first-order valence-electron chi connectivity index (χ1n) is 7.55. The van der Waals surface area contributed by atoms with Crippen LogP contribution in [0.25, 0.3) is 11.1 Å². The van der Waals surface area contributed by atoms with Crippen molar-refractivity contribution < 1.29 is 8.78 Å². The lowest BCUT2D eigenvalue weighted by molar-refractivity contribution is 0.625. The normalized spacial score (nSPS) is 9.81. The lowest BCUT2D eigenvalue weighted by Crippen LogP contribution is -1.87. The SMILES string of the molecule is Fc1cc(-c2ccc(S)cc2)ccc1C#Cc1ccc(N=C=S)c(F)c1. The lowest BCUT2D eigenvalue weighted by Gasteiger charge is -2.03. The van der Waals surface area contributed by atoms with E-state index < -0.39 is 11.6 Å². The summed E-state index contributed by atoms with van der Waals surface area (Å²) in [5.41, 5.74) is 2.38. The minimum absolute atomic E-state index is 0.0910. The predicted octanol–water partition coefficient (Wildman–Crippen LogP) is 6.05. The molecule has 0 aromatic heterocycles. The van der Waals surface area contributed by atoms with Crippen LogP contribution >= 0.6 is 24.8 Å². The van der Waals surface area contributed by atoms with Gasteiger partial charge in [0.1, 0.15) is 11.5 Å². The Bertz CT molecular complexity index is 1070. The molecule has 0 heterocycles. The van der Waals surface area contributed by atoms with Crippen LogP contribution in [0.1, 0.15) is 11.1 Å². The van der Waals surface area contributed by atoms with Gasteiger partial charge in [0.05, 0.1) is 10.7 Å². The highest BCUT2D eigenvalue weighted by Gasteiger charge is 2.04. The average molecular weight is 379 g/mol. The largest absolute Gasteiger partial charge is 0.206 e. The van der Waals surface area contributed by atoms with Crippen molar-refractivity contribution in [1.29, 1.82) is 0 Å². The van der Waals surface area contributed by atoms with Crippen LogP contribution in [0, 0.1) is 23.5 Å². The molecular weight excluding hydrogens is 368 g/mol. The fraction of sp³-hybridized carbons (Fsp3) is 0. The minimum Gasteiger partial charge on any atom is -0.206 e. The smallest absolute Gasteiger partial charge is 0.150 e. The molecule has 0 N–H and O–H groups in total. The van der Waals surface area contributed by atoms with E-state index >= 15 is 0 Å². The second-order valence-electron chi connectivity index (χ2n) is 5.36. The molecule has 3 rings (SSSR count). The maximum Gasteiger partial charge on any atom is 0.150 e. The molecule has 5 heteroatoms. The van der Waals surface area contributed by atoms with Crippen molar-refractivity contribution in [3.63, 3.8) is 0 Å². The van der Waals surface area contributed by atoms with E-state index in [4.69, 9.17) is 0 Å². The van der Waals surface area contributed by atoms with Gasteiger partial charge in [-0.15, -0.1) is 12.6 Å². The number of hydrogen-bond donors (Lipinski definition) is 1. The highest BCUT2D eigenvalue weighted by molar-refractivity contribution is 7.80. The predicted molar refractivity (Wildman–Crippen MR) is 106 cm³/mol. The zero-order chi connectivity index (χ0) is 18.5. The van der Waals surface area contributed by atoms with Gasteiger partial charge in [0.2, 0.25) is 0 Å². The van der Waals surface area contributed by atoms with Gasteiger partial charge in [-0.05, 0) is 65.8 Å². The third-order valence-electron chi connectivity index (χ3n) is 3.63. The van der Waals surface area contributed by atoms with Gasteiger partial charge in [-0.1, -0.05) is 30.0 Å². The Morgan fingerprint density at radius 3 is 2.19 bits per heavy atom. The van der Waals surface area contributed by atoms with Crippen LogP contribution in [0.2, 0.25) is 0 Å². The first kappa shape index (κ1) is 18.0. The molecule has 3 aromatic carbocycles. The Labute approximate surface area is 160 Å². The highest BCUT2D eigenvalue weighted by atomic mass is 32.1. The molecule has 0 aliphatic carbocycles. The van der Waals surface area contributed by atoms with Crippen LogP contribution in [0.3, 0.4) is 0 Å². The van der Waals surface area contributed by atoms with Crippen molar-refractivity contribution in [3.05, 3.63) is 83.4 Å². The molecular formula is C21H11F2NS2. The zero-order valence-corrected chi connectivity index (χ0v) is 15.0. The Kier molecular flexibility index (Phi) is 5.60. The number of hydrogen-bond acceptors (Lipinski definition) is 3. The van der Waals surface area contributed by atoms with Gasteiger partial charge in [-0.2, -0.15) is 4.99 Å². The summed E-state index contributed by atoms with van der Waals surface area (Å²) in [5, 5.41) is 2.11. The van der Waals surface area contributed by atoms with Crippen molar-refractivity contribution in [1.82, 2.24) is 0 Å². The van der Waals surface area contributed by atoms with Crippen molar-refractivity contribution in [3.8, 4) is 23.0 Å². The van der Waals surface area contributed by atoms with Crippen molar-refractivity contribution in [2.24, 2.45) is 4.99 Å². The molecule has 0 radical (unpaired) electrons. The van der Waals surface area contributed by atoms with Crippen LogP contribution in [0.4, 0.5) is 14.5 Å². The van der Waals surface area contributed by atoms with E-state index in [9.17, 15) is 8.78 Å². The van der Waals surface area contributed by atoms with Crippen molar-refractivity contribution in [2.75, 3.05) is 0 Å². The quantitative estimate of drug-likeness (QED) is 0.247. The Morgan fingerprint density at radius 2 is 1.54 bits per heavy atom. The van der Waals surface area contributed by atoms with E-state index in [-0.39, 0.29) is 11.3 Å². The first-order chi connectivity index (χ1) is 12.6. The number of benzene rings is 3. The summed E-state index contributed by atoms with van der Waals surface area (Å²) in [5.74, 6) is 4.48. The summed E-state index contributed by atoms with van der Waals surface area (Å²) in [7, 11) is 0. The molecule has 0 atom stereocenters. The van der Waals surface area contributed by atoms with Gasteiger partial charge in [-0.3, -0.25) is 0 Å². The summed E-state index contributed by atoms with van der Waals surface area (Å²) in [6.45, 7) is 0. The second-order valence-corrected chi connectivity index (χ2v) is 6.06. The fourth-order valence-corrected chi connectivity index (χ4v) is 2.56. The van der Waals surface area contributed by atoms with E-state index in [0.29, 0.717) is 5.56 Å². The molecule has 1 nitrogen and oxygen atoms in total. The van der Waals surface area contributed by atoms with Gasteiger partial charge in [-0.25, -0.2) is 8.78 Å². The lowest BCUT2D eigenvalue weighted by atomic mass is 10.0. The number of halogens is 2. The summed E-state index contributed by atoms with van der Waals surface area (Å²) in [6.07, 6.45) is 0. The molecule has 0 saturated carbocycles. The van der Waals surface area contributed by atoms with Gasteiger partial charge in [0.25, 0.3) is 0 Å². The molecule has 26 heavy (non-hydrogen) atoms. The molecule has 0 aliphatic heterocycles. The third kappa shape index (κ3) is 4.25. The van der Waals surface area contributed by atoms with Gasteiger partial charge in [0, 0.05) is 10.5 Å². The highest BCUT2D eigenvalue weighted by Crippen LogP contribution is 2.23.